The fourth-order valence-corrected chi connectivity index (χ4v) is 3.07. The first-order valence-corrected chi connectivity index (χ1v) is 9.26. The van der Waals surface area contributed by atoms with E-state index in [0.29, 0.717) is 5.56 Å². The summed E-state index contributed by atoms with van der Waals surface area (Å²) in [4.78, 5) is 16.7. The molecule has 26 heavy (non-hydrogen) atoms. The van der Waals surface area contributed by atoms with E-state index >= 15 is 0 Å². The zero-order chi connectivity index (χ0) is 18.7. The van der Waals surface area contributed by atoms with Crippen LogP contribution in [0.5, 0.6) is 0 Å². The Bertz CT molecular complexity index is 919. The highest BCUT2D eigenvalue weighted by Crippen LogP contribution is 2.26. The number of benzene rings is 2. The van der Waals surface area contributed by atoms with Gasteiger partial charge in [-0.1, -0.05) is 40.2 Å². The second kappa shape index (κ2) is 7.42. The number of hydrogen-bond donors (Lipinski definition) is 1. The summed E-state index contributed by atoms with van der Waals surface area (Å²) in [6.45, 7) is 6.07. The Hall–Kier alpha value is -2.46. The Morgan fingerprint density at radius 2 is 1.58 bits per heavy atom. The van der Waals surface area contributed by atoms with Gasteiger partial charge in [-0.15, -0.1) is 0 Å². The number of pyridine rings is 1. The quantitative estimate of drug-likeness (QED) is 0.620. The van der Waals surface area contributed by atoms with Gasteiger partial charge in [-0.3, -0.25) is 9.78 Å². The standard InChI is InChI=1S/C22H21BrN2O/c1-15-14-19(8-9-20(15)23)22(2,3)25-21(26)18-6-4-16(5-7-18)17-10-12-24-13-11-17/h4-14H,1-3H3,(H,25,26). The summed E-state index contributed by atoms with van der Waals surface area (Å²) in [5.74, 6) is -0.0862. The molecule has 3 rings (SSSR count). The van der Waals surface area contributed by atoms with E-state index in [2.05, 4.69) is 32.3 Å². The van der Waals surface area contributed by atoms with E-state index in [1.165, 1.54) is 0 Å². The van der Waals surface area contributed by atoms with Crippen molar-refractivity contribution in [3.8, 4) is 11.1 Å². The van der Waals surface area contributed by atoms with E-state index in [9.17, 15) is 4.79 Å². The number of aryl methyl sites for hydroxylation is 1. The molecule has 4 heteroatoms. The highest BCUT2D eigenvalue weighted by Gasteiger charge is 2.24. The van der Waals surface area contributed by atoms with Gasteiger partial charge in [-0.2, -0.15) is 0 Å². The average Bonchev–Trinajstić information content (AvgIpc) is 2.64. The van der Waals surface area contributed by atoms with Gasteiger partial charge in [-0.25, -0.2) is 0 Å². The van der Waals surface area contributed by atoms with Gasteiger partial charge in [-0.05, 0) is 73.4 Å². The zero-order valence-corrected chi connectivity index (χ0v) is 16.7. The van der Waals surface area contributed by atoms with Crippen LogP contribution in [0.1, 0.15) is 35.3 Å². The number of aromatic nitrogens is 1. The molecule has 132 valence electrons. The highest BCUT2D eigenvalue weighted by molar-refractivity contribution is 9.10. The van der Waals surface area contributed by atoms with Gasteiger partial charge in [0.05, 0.1) is 5.54 Å². The number of amides is 1. The molecule has 0 radical (unpaired) electrons. The number of carbonyl (C=O) groups excluding carboxylic acids is 1. The maximum atomic E-state index is 12.7. The lowest BCUT2D eigenvalue weighted by Crippen LogP contribution is -2.41. The van der Waals surface area contributed by atoms with E-state index < -0.39 is 5.54 Å². The number of carbonyl (C=O) groups is 1. The van der Waals surface area contributed by atoms with Crippen LogP contribution >= 0.6 is 15.9 Å². The van der Waals surface area contributed by atoms with Crippen LogP contribution in [0.2, 0.25) is 0 Å². The molecule has 0 atom stereocenters. The molecule has 3 nitrogen and oxygen atoms in total. The van der Waals surface area contributed by atoms with Crippen LogP contribution in [0.3, 0.4) is 0 Å². The molecule has 1 N–H and O–H groups in total. The largest absolute Gasteiger partial charge is 0.343 e. The Morgan fingerprint density at radius 3 is 2.19 bits per heavy atom. The van der Waals surface area contributed by atoms with Crippen molar-refractivity contribution in [3.63, 3.8) is 0 Å². The molecule has 1 aromatic heterocycles. The maximum absolute atomic E-state index is 12.7. The first kappa shape index (κ1) is 18.3. The van der Waals surface area contributed by atoms with Crippen LogP contribution in [-0.4, -0.2) is 10.9 Å². The zero-order valence-electron chi connectivity index (χ0n) is 15.1. The summed E-state index contributed by atoms with van der Waals surface area (Å²) in [7, 11) is 0. The van der Waals surface area contributed by atoms with Crippen LogP contribution in [0.4, 0.5) is 0 Å². The Balaban J connectivity index is 1.77. The lowest BCUT2D eigenvalue weighted by Gasteiger charge is -2.27. The van der Waals surface area contributed by atoms with E-state index in [-0.39, 0.29) is 5.91 Å². The molecule has 0 saturated carbocycles. The van der Waals surface area contributed by atoms with Gasteiger partial charge < -0.3 is 5.32 Å². The minimum atomic E-state index is -0.466. The lowest BCUT2D eigenvalue weighted by molar-refractivity contribution is 0.0912. The molecule has 0 unspecified atom stereocenters. The molecule has 0 aliphatic rings. The van der Waals surface area contributed by atoms with Gasteiger partial charge in [0.1, 0.15) is 0 Å². The molecule has 1 amide bonds. The van der Waals surface area contributed by atoms with Crippen LogP contribution in [0, 0.1) is 6.92 Å². The predicted octanol–water partition coefficient (Wildman–Crippen LogP) is 5.48. The molecule has 0 aliphatic carbocycles. The maximum Gasteiger partial charge on any atom is 0.251 e. The molecule has 0 saturated heterocycles. The second-order valence-corrected chi connectivity index (χ2v) is 7.71. The monoisotopic (exact) mass is 408 g/mol. The van der Waals surface area contributed by atoms with Crippen molar-refractivity contribution in [3.05, 3.63) is 88.2 Å². The summed E-state index contributed by atoms with van der Waals surface area (Å²) < 4.78 is 1.06. The van der Waals surface area contributed by atoms with E-state index in [1.54, 1.807) is 12.4 Å². The summed E-state index contributed by atoms with van der Waals surface area (Å²) in [5, 5.41) is 3.13. The van der Waals surface area contributed by atoms with E-state index in [4.69, 9.17) is 0 Å². The Labute approximate surface area is 162 Å². The average molecular weight is 409 g/mol. The minimum absolute atomic E-state index is 0.0862. The van der Waals surface area contributed by atoms with Crippen LogP contribution < -0.4 is 5.32 Å². The number of rotatable bonds is 4. The van der Waals surface area contributed by atoms with Crippen molar-refractivity contribution in [2.45, 2.75) is 26.3 Å². The molecule has 0 spiro atoms. The molecule has 0 bridgehead atoms. The summed E-state index contributed by atoms with van der Waals surface area (Å²) in [6.07, 6.45) is 3.53. The van der Waals surface area contributed by atoms with Crippen molar-refractivity contribution in [1.29, 1.82) is 0 Å². The predicted molar refractivity (Wildman–Crippen MR) is 109 cm³/mol. The summed E-state index contributed by atoms with van der Waals surface area (Å²) >= 11 is 3.52. The van der Waals surface area contributed by atoms with Gasteiger partial charge in [0.2, 0.25) is 0 Å². The molecular weight excluding hydrogens is 388 g/mol. The number of nitrogens with one attached hydrogen (secondary N) is 1. The molecule has 0 aliphatic heterocycles. The van der Waals surface area contributed by atoms with Crippen molar-refractivity contribution in [2.24, 2.45) is 0 Å². The van der Waals surface area contributed by atoms with Crippen molar-refractivity contribution in [2.75, 3.05) is 0 Å². The Morgan fingerprint density at radius 1 is 0.962 bits per heavy atom. The SMILES string of the molecule is Cc1cc(C(C)(C)NC(=O)c2ccc(-c3ccncc3)cc2)ccc1Br. The molecule has 3 aromatic rings. The van der Waals surface area contributed by atoms with Gasteiger partial charge in [0, 0.05) is 22.4 Å². The van der Waals surface area contributed by atoms with E-state index in [0.717, 1.165) is 26.7 Å². The van der Waals surface area contributed by atoms with Crippen LogP contribution in [0.25, 0.3) is 11.1 Å². The number of nitrogens with zero attached hydrogens (tertiary/aromatic N) is 1. The minimum Gasteiger partial charge on any atom is -0.343 e. The molecule has 0 fully saturated rings. The Kier molecular flexibility index (Phi) is 5.23. The fraction of sp³-hybridized carbons (Fsp3) is 0.182. The number of halogens is 1. The van der Waals surface area contributed by atoms with Gasteiger partial charge in [0.25, 0.3) is 5.91 Å². The summed E-state index contributed by atoms with van der Waals surface area (Å²) in [6, 6.07) is 17.7. The van der Waals surface area contributed by atoms with Crippen LogP contribution in [0.15, 0.2) is 71.5 Å². The third-order valence-electron chi connectivity index (χ3n) is 4.47. The normalized spacial score (nSPS) is 11.2. The van der Waals surface area contributed by atoms with Gasteiger partial charge in [0.15, 0.2) is 0 Å². The first-order valence-electron chi connectivity index (χ1n) is 8.46. The highest BCUT2D eigenvalue weighted by atomic mass is 79.9. The van der Waals surface area contributed by atoms with Crippen LogP contribution in [-0.2, 0) is 5.54 Å². The van der Waals surface area contributed by atoms with E-state index in [1.807, 2.05) is 69.3 Å². The van der Waals surface area contributed by atoms with Crippen molar-refractivity contribution in [1.82, 2.24) is 10.3 Å². The molecule has 2 aromatic carbocycles. The third kappa shape index (κ3) is 4.02. The topological polar surface area (TPSA) is 42.0 Å². The van der Waals surface area contributed by atoms with Crippen molar-refractivity contribution < 1.29 is 4.79 Å². The third-order valence-corrected chi connectivity index (χ3v) is 5.36. The fourth-order valence-electron chi connectivity index (χ4n) is 2.82. The second-order valence-electron chi connectivity index (χ2n) is 6.86. The molecule has 1 heterocycles. The molecular formula is C22H21BrN2O. The van der Waals surface area contributed by atoms with Gasteiger partial charge >= 0.3 is 0 Å². The van der Waals surface area contributed by atoms with Crippen molar-refractivity contribution >= 4 is 21.8 Å². The number of hydrogen-bond acceptors (Lipinski definition) is 2. The summed E-state index contributed by atoms with van der Waals surface area (Å²) in [5.41, 5.74) is 4.53. The smallest absolute Gasteiger partial charge is 0.251 e. The first-order chi connectivity index (χ1) is 12.4. The lowest BCUT2D eigenvalue weighted by atomic mass is 9.92.